The van der Waals surface area contributed by atoms with Crippen molar-refractivity contribution in [1.29, 1.82) is 5.26 Å². The Bertz CT molecular complexity index is 1500. The lowest BCUT2D eigenvalue weighted by atomic mass is 9.96. The molecule has 2 aromatic rings. The summed E-state index contributed by atoms with van der Waals surface area (Å²) in [7, 11) is 1.44. The van der Waals surface area contributed by atoms with Crippen molar-refractivity contribution in [2.24, 2.45) is 13.0 Å². The van der Waals surface area contributed by atoms with E-state index in [1.54, 1.807) is 36.1 Å². The van der Waals surface area contributed by atoms with Gasteiger partial charge < -0.3 is 30.0 Å². The first-order chi connectivity index (χ1) is 21.0. The van der Waals surface area contributed by atoms with Crippen LogP contribution in [0.3, 0.4) is 0 Å². The minimum absolute atomic E-state index is 0.0363. The van der Waals surface area contributed by atoms with E-state index in [9.17, 15) is 27.6 Å². The van der Waals surface area contributed by atoms with E-state index >= 15 is 0 Å². The van der Waals surface area contributed by atoms with Crippen molar-refractivity contribution in [3.63, 3.8) is 0 Å². The lowest BCUT2D eigenvalue weighted by Gasteiger charge is -2.37. The highest BCUT2D eigenvalue weighted by molar-refractivity contribution is 6.03. The number of nitrogens with zero attached hydrogens (tertiary/aromatic N) is 6. The third-order valence-corrected chi connectivity index (χ3v) is 8.24. The third-order valence-electron chi connectivity index (χ3n) is 8.24. The summed E-state index contributed by atoms with van der Waals surface area (Å²) in [5, 5.41) is 15.9. The number of imidazole rings is 1. The Kier molecular flexibility index (Phi) is 8.93. The fourth-order valence-electron chi connectivity index (χ4n) is 5.83. The predicted octanol–water partition coefficient (Wildman–Crippen LogP) is 1.88. The SMILES string of the molecule is Cc1cc(NC(=O)c2ncc(C3=CN(CC#N)NC3C(F)(F)F)n2C)ccc1C(=O)N1CCN(C(=O)C2CCNCC2)CC1. The summed E-state index contributed by atoms with van der Waals surface area (Å²) in [4.78, 5) is 46.8. The topological polar surface area (TPSA) is 139 Å². The first kappa shape index (κ1) is 31.0. The summed E-state index contributed by atoms with van der Waals surface area (Å²) in [6.07, 6.45) is -0.610. The Labute approximate surface area is 252 Å². The molecule has 44 heavy (non-hydrogen) atoms. The zero-order chi connectivity index (χ0) is 31.6. The number of rotatable bonds is 6. The van der Waals surface area contributed by atoms with E-state index in [4.69, 9.17) is 5.26 Å². The quantitative estimate of drug-likeness (QED) is 0.420. The number of nitrogens with one attached hydrogen (secondary N) is 3. The maximum absolute atomic E-state index is 13.7. The van der Waals surface area contributed by atoms with Crippen LogP contribution in [0.4, 0.5) is 18.9 Å². The van der Waals surface area contributed by atoms with Crippen LogP contribution < -0.4 is 16.1 Å². The summed E-state index contributed by atoms with van der Waals surface area (Å²) in [6.45, 7) is 4.98. The predicted molar refractivity (Wildman–Crippen MR) is 154 cm³/mol. The van der Waals surface area contributed by atoms with Crippen molar-refractivity contribution < 1.29 is 27.6 Å². The van der Waals surface area contributed by atoms with Crippen molar-refractivity contribution >= 4 is 29.0 Å². The molecule has 0 saturated carbocycles. The Morgan fingerprint density at radius 1 is 1.11 bits per heavy atom. The summed E-state index contributed by atoms with van der Waals surface area (Å²) in [5.74, 6) is -0.723. The molecule has 1 aromatic heterocycles. The van der Waals surface area contributed by atoms with Crippen LogP contribution in [0.2, 0.25) is 0 Å². The monoisotopic (exact) mass is 613 g/mol. The van der Waals surface area contributed by atoms with Gasteiger partial charge in [-0.2, -0.15) is 18.4 Å². The van der Waals surface area contributed by atoms with Gasteiger partial charge in [0.25, 0.3) is 11.8 Å². The van der Waals surface area contributed by atoms with Crippen LogP contribution in [0.1, 0.15) is 45.1 Å². The smallest absolute Gasteiger partial charge is 0.339 e. The molecule has 0 aliphatic carbocycles. The van der Waals surface area contributed by atoms with Gasteiger partial charge in [0, 0.05) is 62.2 Å². The van der Waals surface area contributed by atoms with Crippen LogP contribution in [0.25, 0.3) is 5.57 Å². The second kappa shape index (κ2) is 12.7. The molecular formula is C29H34F3N9O3. The molecule has 3 aliphatic rings. The number of halogens is 3. The number of anilines is 1. The highest BCUT2D eigenvalue weighted by Crippen LogP contribution is 2.35. The molecule has 1 unspecified atom stereocenters. The molecule has 3 aliphatic heterocycles. The van der Waals surface area contributed by atoms with Gasteiger partial charge >= 0.3 is 6.18 Å². The zero-order valence-corrected chi connectivity index (χ0v) is 24.4. The van der Waals surface area contributed by atoms with Crippen LogP contribution in [-0.4, -0.2) is 100 Å². The molecule has 234 valence electrons. The molecule has 3 amide bonds. The van der Waals surface area contributed by atoms with Gasteiger partial charge in [0.2, 0.25) is 5.91 Å². The fraction of sp³-hybridized carbons (Fsp3) is 0.483. The molecular weight excluding hydrogens is 579 g/mol. The Balaban J connectivity index is 1.22. The number of alkyl halides is 3. The summed E-state index contributed by atoms with van der Waals surface area (Å²) in [5.41, 5.74) is 3.65. The number of nitriles is 1. The van der Waals surface area contributed by atoms with Crippen molar-refractivity contribution in [1.82, 2.24) is 35.1 Å². The number of aromatic nitrogens is 2. The molecule has 12 nitrogen and oxygen atoms in total. The van der Waals surface area contributed by atoms with Gasteiger partial charge in [0.1, 0.15) is 6.54 Å². The van der Waals surface area contributed by atoms with Crippen LogP contribution in [0.15, 0.2) is 30.6 Å². The minimum Gasteiger partial charge on any atom is -0.339 e. The standard InChI is InChI=1S/C29H34F3N9O3/c1-18-15-20(3-4-21(18)28(44)40-13-11-39(12-14-40)27(43)19-5-8-34-9-6-19)36-26(42)25-35-16-23(38(25)2)22-17-41(10-7-33)37-24(22)29(30,31)32/h3-4,15-17,19,24,34,37H,5-6,8-14H2,1-2H3,(H,36,42). The van der Waals surface area contributed by atoms with Crippen LogP contribution >= 0.6 is 0 Å². The Morgan fingerprint density at radius 2 is 1.80 bits per heavy atom. The van der Waals surface area contributed by atoms with E-state index in [-0.39, 0.29) is 41.4 Å². The highest BCUT2D eigenvalue weighted by Gasteiger charge is 2.47. The number of aryl methyl sites for hydroxylation is 1. The van der Waals surface area contributed by atoms with Crippen molar-refractivity contribution in [2.75, 3.05) is 51.1 Å². The third kappa shape index (κ3) is 6.41. The molecule has 1 aromatic carbocycles. The number of piperazine rings is 1. The number of hydrogen-bond acceptors (Lipinski definition) is 8. The molecule has 0 bridgehead atoms. The van der Waals surface area contributed by atoms with E-state index in [1.807, 2.05) is 4.90 Å². The number of hydrogen-bond donors (Lipinski definition) is 3. The Hall–Kier alpha value is -4.42. The number of carbonyl (C=O) groups excluding carboxylic acids is 3. The summed E-state index contributed by atoms with van der Waals surface area (Å²) in [6, 6.07) is 4.59. The number of carbonyl (C=O) groups is 3. The van der Waals surface area contributed by atoms with Crippen LogP contribution in [-0.2, 0) is 11.8 Å². The molecule has 2 fully saturated rings. The second-order valence-corrected chi connectivity index (χ2v) is 11.1. The number of piperidine rings is 1. The van der Waals surface area contributed by atoms with Gasteiger partial charge in [-0.1, -0.05) is 0 Å². The first-order valence-corrected chi connectivity index (χ1v) is 14.4. The largest absolute Gasteiger partial charge is 0.409 e. The van der Waals surface area contributed by atoms with Crippen molar-refractivity contribution in [2.45, 2.75) is 32.0 Å². The number of amides is 3. The van der Waals surface area contributed by atoms with Gasteiger partial charge in [0.05, 0.1) is 18.0 Å². The average molecular weight is 614 g/mol. The fourth-order valence-corrected chi connectivity index (χ4v) is 5.83. The molecule has 4 heterocycles. The molecule has 0 spiro atoms. The van der Waals surface area contributed by atoms with Crippen molar-refractivity contribution in [3.05, 3.63) is 53.2 Å². The molecule has 5 rings (SSSR count). The molecule has 15 heteroatoms. The maximum atomic E-state index is 13.7. The molecule has 0 radical (unpaired) electrons. The lowest BCUT2D eigenvalue weighted by molar-refractivity contribution is -0.147. The van der Waals surface area contributed by atoms with E-state index in [1.165, 1.54) is 24.0 Å². The zero-order valence-electron chi connectivity index (χ0n) is 24.4. The normalized spacial score (nSPS) is 19.5. The van der Waals surface area contributed by atoms with Crippen molar-refractivity contribution in [3.8, 4) is 6.07 Å². The first-order valence-electron chi connectivity index (χ1n) is 14.4. The molecule has 2 saturated heterocycles. The summed E-state index contributed by atoms with van der Waals surface area (Å²) < 4.78 is 42.3. The van der Waals surface area contributed by atoms with Gasteiger partial charge in [-0.3, -0.25) is 14.4 Å². The van der Waals surface area contributed by atoms with E-state index in [0.29, 0.717) is 43.0 Å². The van der Waals surface area contributed by atoms with E-state index in [0.717, 1.165) is 30.9 Å². The molecule has 3 N–H and O–H groups in total. The Morgan fingerprint density at radius 3 is 2.43 bits per heavy atom. The average Bonchev–Trinajstić information content (AvgIpc) is 3.60. The number of benzene rings is 1. The van der Waals surface area contributed by atoms with Gasteiger partial charge in [0.15, 0.2) is 11.9 Å². The summed E-state index contributed by atoms with van der Waals surface area (Å²) >= 11 is 0. The van der Waals surface area contributed by atoms with Crippen LogP contribution in [0, 0.1) is 24.2 Å². The van der Waals surface area contributed by atoms with Gasteiger partial charge in [-0.05, 0) is 56.6 Å². The maximum Gasteiger partial charge on any atom is 0.409 e. The number of hydrazine groups is 1. The highest BCUT2D eigenvalue weighted by atomic mass is 19.4. The van der Waals surface area contributed by atoms with Crippen LogP contribution in [0.5, 0.6) is 0 Å². The van der Waals surface area contributed by atoms with Gasteiger partial charge in [-0.15, -0.1) is 0 Å². The van der Waals surface area contributed by atoms with E-state index < -0.39 is 18.1 Å². The second-order valence-electron chi connectivity index (χ2n) is 11.1. The minimum atomic E-state index is -4.64. The van der Waals surface area contributed by atoms with E-state index in [2.05, 4.69) is 21.0 Å². The lowest BCUT2D eigenvalue weighted by Crippen LogP contribution is -2.52. The molecule has 1 atom stereocenters. The van der Waals surface area contributed by atoms with Gasteiger partial charge in [-0.25, -0.2) is 10.4 Å².